The molecule has 0 bridgehead atoms. The molecule has 2 saturated heterocycles. The van der Waals surface area contributed by atoms with Gasteiger partial charge in [-0.3, -0.25) is 19.3 Å². The van der Waals surface area contributed by atoms with Crippen molar-refractivity contribution in [2.45, 2.75) is 13.0 Å². The Bertz CT molecular complexity index is 548. The number of likely N-dealkylation sites (tertiary alicyclic amines) is 1. The van der Waals surface area contributed by atoms with Gasteiger partial charge in [-0.25, -0.2) is 0 Å². The smallest absolute Gasteiger partial charge is 0.289 e. The first kappa shape index (κ1) is 12.2. The number of aryl methyl sites for hydroxylation is 1. The fourth-order valence-corrected chi connectivity index (χ4v) is 2.91. The minimum absolute atomic E-state index is 0.177. The molecule has 0 aliphatic carbocycles. The number of carbonyl (C=O) groups excluding carboxylic acids is 3. The van der Waals surface area contributed by atoms with Crippen LogP contribution in [0.5, 0.6) is 0 Å². The van der Waals surface area contributed by atoms with Crippen molar-refractivity contribution in [1.29, 1.82) is 0 Å². The summed E-state index contributed by atoms with van der Waals surface area (Å²) < 4.78 is 4.85. The quantitative estimate of drug-likeness (QED) is 0.785. The van der Waals surface area contributed by atoms with E-state index in [9.17, 15) is 14.4 Å². The number of rotatable bonds is 2. The van der Waals surface area contributed by atoms with Crippen LogP contribution in [0.15, 0.2) is 10.6 Å². The van der Waals surface area contributed by atoms with Crippen molar-refractivity contribution in [1.82, 2.24) is 15.0 Å². The Morgan fingerprint density at radius 1 is 1.47 bits per heavy atom. The zero-order valence-electron chi connectivity index (χ0n) is 10.2. The largest absolute Gasteiger partial charge is 0.361 e. The fraction of sp³-hybridized carbons (Fsp3) is 0.455. The van der Waals surface area contributed by atoms with E-state index in [1.165, 1.54) is 4.90 Å². The molecule has 0 aromatic carbocycles. The van der Waals surface area contributed by atoms with Gasteiger partial charge in [0.15, 0.2) is 5.69 Å². The van der Waals surface area contributed by atoms with Gasteiger partial charge in [-0.05, 0) is 6.92 Å². The summed E-state index contributed by atoms with van der Waals surface area (Å²) >= 11 is 1.01. The highest BCUT2D eigenvalue weighted by atomic mass is 32.2. The number of amides is 3. The van der Waals surface area contributed by atoms with Crippen LogP contribution in [0.3, 0.4) is 0 Å². The molecule has 0 radical (unpaired) electrons. The maximum absolute atomic E-state index is 12.0. The van der Waals surface area contributed by atoms with Gasteiger partial charge in [-0.15, -0.1) is 0 Å². The number of hydrogen-bond donors (Lipinski definition) is 0. The highest BCUT2D eigenvalue weighted by molar-refractivity contribution is 8.14. The number of aromatic nitrogens is 1. The van der Waals surface area contributed by atoms with Crippen molar-refractivity contribution in [2.75, 3.05) is 18.8 Å². The van der Waals surface area contributed by atoms with Crippen LogP contribution in [0.25, 0.3) is 0 Å². The minimum Gasteiger partial charge on any atom is -0.361 e. The van der Waals surface area contributed by atoms with E-state index in [0.717, 1.165) is 11.8 Å². The van der Waals surface area contributed by atoms with Crippen molar-refractivity contribution in [3.8, 4) is 0 Å². The SMILES string of the molecule is Cc1cc(C(=O)N2CC(N3C(=O)CSC3=O)C2)no1. The summed E-state index contributed by atoms with van der Waals surface area (Å²) in [7, 11) is 0. The van der Waals surface area contributed by atoms with Gasteiger partial charge < -0.3 is 9.42 Å². The van der Waals surface area contributed by atoms with E-state index >= 15 is 0 Å². The van der Waals surface area contributed by atoms with E-state index < -0.39 is 0 Å². The molecule has 0 N–H and O–H groups in total. The molecule has 0 saturated carbocycles. The lowest BCUT2D eigenvalue weighted by Crippen LogP contribution is -2.62. The third-order valence-electron chi connectivity index (χ3n) is 3.15. The van der Waals surface area contributed by atoms with E-state index in [2.05, 4.69) is 5.16 Å². The molecule has 3 amide bonds. The standard InChI is InChI=1S/C11H11N3O4S/c1-6-2-8(12-18-6)10(16)13-3-7(4-13)14-9(15)5-19-11(14)17/h2,7H,3-5H2,1H3. The van der Waals surface area contributed by atoms with Crippen molar-refractivity contribution < 1.29 is 18.9 Å². The summed E-state index contributed by atoms with van der Waals surface area (Å²) in [6.45, 7) is 2.44. The number of hydrogen-bond acceptors (Lipinski definition) is 6. The van der Waals surface area contributed by atoms with E-state index in [1.807, 2.05) is 0 Å². The molecule has 2 aliphatic heterocycles. The molecule has 7 nitrogen and oxygen atoms in total. The van der Waals surface area contributed by atoms with Crippen molar-refractivity contribution in [3.63, 3.8) is 0 Å². The minimum atomic E-state index is -0.236. The lowest BCUT2D eigenvalue weighted by molar-refractivity contribution is -0.128. The Morgan fingerprint density at radius 3 is 2.74 bits per heavy atom. The summed E-state index contributed by atoms with van der Waals surface area (Å²) in [4.78, 5) is 37.8. The Labute approximate surface area is 112 Å². The predicted octanol–water partition coefficient (Wildman–Crippen LogP) is 0.503. The third-order valence-corrected chi connectivity index (χ3v) is 3.98. The van der Waals surface area contributed by atoms with Gasteiger partial charge in [0.2, 0.25) is 5.91 Å². The highest BCUT2D eigenvalue weighted by Crippen LogP contribution is 2.26. The Morgan fingerprint density at radius 2 is 2.21 bits per heavy atom. The van der Waals surface area contributed by atoms with Crippen LogP contribution in [0, 0.1) is 6.92 Å². The lowest BCUT2D eigenvalue weighted by atomic mass is 10.1. The predicted molar refractivity (Wildman–Crippen MR) is 65.6 cm³/mol. The van der Waals surface area contributed by atoms with Crippen LogP contribution in [-0.4, -0.2) is 56.9 Å². The topological polar surface area (TPSA) is 83.7 Å². The Balaban J connectivity index is 1.62. The summed E-state index contributed by atoms with van der Waals surface area (Å²) in [6, 6.07) is 1.37. The molecule has 0 atom stereocenters. The van der Waals surface area contributed by atoms with E-state index in [4.69, 9.17) is 4.52 Å². The van der Waals surface area contributed by atoms with E-state index in [1.54, 1.807) is 17.9 Å². The van der Waals surface area contributed by atoms with Gasteiger partial charge in [-0.1, -0.05) is 16.9 Å². The van der Waals surface area contributed by atoms with Gasteiger partial charge in [0.05, 0.1) is 11.8 Å². The van der Waals surface area contributed by atoms with Crippen LogP contribution >= 0.6 is 11.8 Å². The monoisotopic (exact) mass is 281 g/mol. The average Bonchev–Trinajstić information content (AvgIpc) is 2.87. The summed E-state index contributed by atoms with van der Waals surface area (Å²) in [5, 5.41) is 3.43. The average molecular weight is 281 g/mol. The Hall–Kier alpha value is -1.83. The maximum atomic E-state index is 12.0. The molecule has 3 heterocycles. The maximum Gasteiger partial charge on any atom is 0.289 e. The van der Waals surface area contributed by atoms with E-state index in [-0.39, 0.29) is 34.5 Å². The summed E-state index contributed by atoms with van der Waals surface area (Å²) in [6.07, 6.45) is 0. The first-order valence-electron chi connectivity index (χ1n) is 5.77. The van der Waals surface area contributed by atoms with Gasteiger partial charge in [0.25, 0.3) is 11.1 Å². The highest BCUT2D eigenvalue weighted by Gasteiger charge is 2.43. The zero-order chi connectivity index (χ0) is 13.6. The van der Waals surface area contributed by atoms with Crippen molar-refractivity contribution in [3.05, 3.63) is 17.5 Å². The molecule has 0 spiro atoms. The number of carbonyl (C=O) groups is 3. The van der Waals surface area contributed by atoms with Crippen LogP contribution in [0.2, 0.25) is 0 Å². The molecular weight excluding hydrogens is 270 g/mol. The third kappa shape index (κ3) is 2.01. The zero-order valence-corrected chi connectivity index (χ0v) is 11.0. The molecule has 1 aromatic heterocycles. The van der Waals surface area contributed by atoms with Crippen LogP contribution in [0.1, 0.15) is 16.2 Å². The normalized spacial score (nSPS) is 20.1. The molecule has 19 heavy (non-hydrogen) atoms. The molecule has 3 rings (SSSR count). The summed E-state index contributed by atoms with van der Waals surface area (Å²) in [5.74, 6) is 0.358. The van der Waals surface area contributed by atoms with Gasteiger partial charge >= 0.3 is 0 Å². The molecule has 8 heteroatoms. The first-order valence-corrected chi connectivity index (χ1v) is 6.76. The van der Waals surface area contributed by atoms with Crippen LogP contribution < -0.4 is 0 Å². The molecule has 1 aromatic rings. The molecule has 100 valence electrons. The van der Waals surface area contributed by atoms with Crippen molar-refractivity contribution in [2.24, 2.45) is 0 Å². The van der Waals surface area contributed by atoms with Crippen molar-refractivity contribution >= 4 is 28.8 Å². The Kier molecular flexibility index (Phi) is 2.81. The molecular formula is C11H11N3O4S. The second-order valence-corrected chi connectivity index (χ2v) is 5.43. The van der Waals surface area contributed by atoms with E-state index in [0.29, 0.717) is 18.8 Å². The van der Waals surface area contributed by atoms with Gasteiger partial charge in [0.1, 0.15) is 5.76 Å². The van der Waals surface area contributed by atoms with Gasteiger partial charge in [-0.2, -0.15) is 0 Å². The van der Waals surface area contributed by atoms with Crippen LogP contribution in [0.4, 0.5) is 4.79 Å². The molecule has 0 unspecified atom stereocenters. The number of nitrogens with zero attached hydrogens (tertiary/aromatic N) is 3. The first-order chi connectivity index (χ1) is 9.06. The molecule has 2 fully saturated rings. The fourth-order valence-electron chi connectivity index (χ4n) is 2.13. The second-order valence-electron chi connectivity index (χ2n) is 4.51. The molecule has 2 aliphatic rings. The van der Waals surface area contributed by atoms with Crippen LogP contribution in [-0.2, 0) is 4.79 Å². The summed E-state index contributed by atoms with van der Waals surface area (Å²) in [5.41, 5.74) is 0.254. The lowest BCUT2D eigenvalue weighted by Gasteiger charge is -2.42. The van der Waals surface area contributed by atoms with Gasteiger partial charge in [0, 0.05) is 19.2 Å². The number of imide groups is 1. The second kappa shape index (κ2) is 4.37. The number of thioether (sulfide) groups is 1.